The van der Waals surface area contributed by atoms with Crippen molar-refractivity contribution < 1.29 is 19.5 Å². The zero-order chi connectivity index (χ0) is 22.0. The van der Waals surface area contributed by atoms with E-state index in [2.05, 4.69) is 0 Å². The van der Waals surface area contributed by atoms with Crippen LogP contribution < -0.4 is 0 Å². The van der Waals surface area contributed by atoms with Crippen LogP contribution >= 0.6 is 0 Å². The Bertz CT molecular complexity index is 1090. The third-order valence-corrected chi connectivity index (χ3v) is 6.13. The molecule has 1 N–H and O–H groups in total. The van der Waals surface area contributed by atoms with Gasteiger partial charge in [-0.2, -0.15) is 0 Å². The Morgan fingerprint density at radius 3 is 1.74 bits per heavy atom. The van der Waals surface area contributed by atoms with Gasteiger partial charge >= 0.3 is 0 Å². The smallest absolute Gasteiger partial charge is 0.173 e. The zero-order valence-corrected chi connectivity index (χ0v) is 17.3. The lowest BCUT2D eigenvalue weighted by Crippen LogP contribution is -2.54. The summed E-state index contributed by atoms with van der Waals surface area (Å²) in [6.45, 7) is 1.52. The highest BCUT2D eigenvalue weighted by Gasteiger charge is 2.55. The van der Waals surface area contributed by atoms with E-state index >= 15 is 0 Å². The summed E-state index contributed by atoms with van der Waals surface area (Å²) in [7, 11) is 0. The molecule has 4 atom stereocenters. The van der Waals surface area contributed by atoms with Crippen molar-refractivity contribution in [2.75, 3.05) is 0 Å². The van der Waals surface area contributed by atoms with E-state index in [0.717, 1.165) is 0 Å². The number of ketones is 3. The minimum atomic E-state index is -1.57. The normalized spacial score (nSPS) is 25.7. The molecule has 1 fully saturated rings. The van der Waals surface area contributed by atoms with Gasteiger partial charge in [0.2, 0.25) is 0 Å². The molecule has 0 unspecified atom stereocenters. The molecular formula is C27H24O4. The van der Waals surface area contributed by atoms with E-state index in [9.17, 15) is 19.5 Å². The average Bonchev–Trinajstić information content (AvgIpc) is 2.79. The SMILES string of the molecule is C[C@@]1(O)CC(=O)[C@H](C(=O)c2ccccc2)[C@@H](c2ccccc2)[C@@H]1C(=O)c1ccccc1. The van der Waals surface area contributed by atoms with E-state index in [1.54, 1.807) is 54.6 Å². The molecule has 156 valence electrons. The maximum atomic E-state index is 13.6. The molecule has 4 nitrogen and oxygen atoms in total. The molecule has 0 aromatic heterocycles. The second-order valence-electron chi connectivity index (χ2n) is 8.35. The molecule has 3 aromatic carbocycles. The van der Waals surface area contributed by atoms with Crippen LogP contribution in [-0.2, 0) is 4.79 Å². The van der Waals surface area contributed by atoms with Gasteiger partial charge in [0.1, 0.15) is 5.78 Å². The van der Waals surface area contributed by atoms with E-state index in [1.165, 1.54) is 6.92 Å². The van der Waals surface area contributed by atoms with Gasteiger partial charge in [0, 0.05) is 23.5 Å². The van der Waals surface area contributed by atoms with Crippen molar-refractivity contribution in [3.8, 4) is 0 Å². The molecule has 0 aliphatic heterocycles. The van der Waals surface area contributed by atoms with Gasteiger partial charge in [-0.25, -0.2) is 0 Å². The monoisotopic (exact) mass is 412 g/mol. The van der Waals surface area contributed by atoms with Crippen molar-refractivity contribution in [1.82, 2.24) is 0 Å². The van der Waals surface area contributed by atoms with Crippen LogP contribution in [0, 0.1) is 11.8 Å². The molecule has 31 heavy (non-hydrogen) atoms. The second kappa shape index (κ2) is 8.40. The van der Waals surface area contributed by atoms with Crippen molar-refractivity contribution in [3.63, 3.8) is 0 Å². The molecule has 4 rings (SSSR count). The molecule has 0 amide bonds. The predicted octanol–water partition coefficient (Wildman–Crippen LogP) is 4.49. The van der Waals surface area contributed by atoms with Crippen LogP contribution in [-0.4, -0.2) is 28.1 Å². The summed E-state index contributed by atoms with van der Waals surface area (Å²) in [6, 6.07) is 26.5. The number of hydrogen-bond acceptors (Lipinski definition) is 4. The number of benzene rings is 3. The largest absolute Gasteiger partial charge is 0.389 e. The summed E-state index contributed by atoms with van der Waals surface area (Å²) in [5.74, 6) is -3.67. The van der Waals surface area contributed by atoms with Crippen LogP contribution in [0.2, 0.25) is 0 Å². The Morgan fingerprint density at radius 2 is 1.23 bits per heavy atom. The van der Waals surface area contributed by atoms with Crippen molar-refractivity contribution in [1.29, 1.82) is 0 Å². The van der Waals surface area contributed by atoms with Crippen molar-refractivity contribution in [2.24, 2.45) is 11.8 Å². The van der Waals surface area contributed by atoms with Gasteiger partial charge in [-0.15, -0.1) is 0 Å². The highest BCUT2D eigenvalue weighted by Crippen LogP contribution is 2.48. The molecule has 0 spiro atoms. The van der Waals surface area contributed by atoms with Crippen molar-refractivity contribution in [2.45, 2.75) is 24.9 Å². The van der Waals surface area contributed by atoms with Crippen molar-refractivity contribution in [3.05, 3.63) is 108 Å². The Balaban J connectivity index is 1.87. The van der Waals surface area contributed by atoms with Gasteiger partial charge in [-0.05, 0) is 12.5 Å². The lowest BCUT2D eigenvalue weighted by Gasteiger charge is -2.45. The minimum Gasteiger partial charge on any atom is -0.389 e. The number of rotatable bonds is 5. The van der Waals surface area contributed by atoms with Gasteiger partial charge < -0.3 is 5.11 Å². The van der Waals surface area contributed by atoms with E-state index < -0.39 is 23.4 Å². The molecule has 4 heteroatoms. The Kier molecular flexibility index (Phi) is 5.66. The molecule has 1 saturated carbocycles. The third kappa shape index (κ3) is 3.99. The Labute approximate surface area is 181 Å². The lowest BCUT2D eigenvalue weighted by molar-refractivity contribution is -0.134. The number of Topliss-reactive ketones (excluding diaryl/α,β-unsaturated/α-hetero) is 3. The topological polar surface area (TPSA) is 71.4 Å². The van der Waals surface area contributed by atoms with Crippen molar-refractivity contribution >= 4 is 17.3 Å². The molecule has 0 heterocycles. The first kappa shape index (κ1) is 20.9. The number of carbonyl (C=O) groups is 3. The second-order valence-corrected chi connectivity index (χ2v) is 8.35. The average molecular weight is 412 g/mol. The van der Waals surface area contributed by atoms with Gasteiger partial charge in [-0.3, -0.25) is 14.4 Å². The molecule has 1 aliphatic rings. The predicted molar refractivity (Wildman–Crippen MR) is 118 cm³/mol. The Morgan fingerprint density at radius 1 is 0.774 bits per heavy atom. The highest BCUT2D eigenvalue weighted by molar-refractivity contribution is 6.13. The van der Waals surface area contributed by atoms with E-state index in [4.69, 9.17) is 0 Å². The number of carbonyl (C=O) groups excluding carboxylic acids is 3. The van der Waals surface area contributed by atoms with Crippen LogP contribution in [0.15, 0.2) is 91.0 Å². The van der Waals surface area contributed by atoms with Crippen LogP contribution in [0.5, 0.6) is 0 Å². The quantitative estimate of drug-likeness (QED) is 0.495. The number of aliphatic hydroxyl groups is 1. The maximum absolute atomic E-state index is 13.6. The van der Waals surface area contributed by atoms with Crippen LogP contribution in [0.4, 0.5) is 0 Å². The minimum absolute atomic E-state index is 0.247. The van der Waals surface area contributed by atoms with Crippen LogP contribution in [0.3, 0.4) is 0 Å². The number of hydrogen-bond donors (Lipinski definition) is 1. The van der Waals surface area contributed by atoms with Crippen LogP contribution in [0.25, 0.3) is 0 Å². The molecule has 0 saturated heterocycles. The first-order valence-corrected chi connectivity index (χ1v) is 10.4. The molecular weight excluding hydrogens is 388 g/mol. The van der Waals surface area contributed by atoms with Gasteiger partial charge in [0.15, 0.2) is 11.6 Å². The fourth-order valence-corrected chi connectivity index (χ4v) is 4.73. The molecule has 0 radical (unpaired) electrons. The summed E-state index contributed by atoms with van der Waals surface area (Å²) < 4.78 is 0. The van der Waals surface area contributed by atoms with E-state index in [0.29, 0.717) is 16.7 Å². The molecule has 1 aliphatic carbocycles. The summed E-state index contributed by atoms with van der Waals surface area (Å²) in [5, 5.41) is 11.3. The van der Waals surface area contributed by atoms with Gasteiger partial charge in [-0.1, -0.05) is 91.0 Å². The van der Waals surface area contributed by atoms with E-state index in [-0.39, 0.29) is 23.8 Å². The molecule has 0 bridgehead atoms. The molecule has 3 aromatic rings. The standard InChI is InChI=1S/C27H24O4/c1-27(31)17-21(28)23(25(29)19-13-7-3-8-14-19)22(18-11-5-2-6-12-18)24(27)26(30)20-15-9-4-10-16-20/h2-16,22-24,31H,17H2,1H3/t22-,23+,24-,27-/m1/s1. The Hall–Kier alpha value is -3.37. The summed E-state index contributed by atoms with van der Waals surface area (Å²) in [5.41, 5.74) is 0.000395. The maximum Gasteiger partial charge on any atom is 0.173 e. The summed E-state index contributed by atoms with van der Waals surface area (Å²) in [4.78, 5) is 40.3. The van der Waals surface area contributed by atoms with Gasteiger partial charge in [0.25, 0.3) is 0 Å². The fourth-order valence-electron chi connectivity index (χ4n) is 4.73. The first-order valence-electron chi connectivity index (χ1n) is 10.4. The third-order valence-electron chi connectivity index (χ3n) is 6.13. The summed E-state index contributed by atoms with van der Waals surface area (Å²) in [6.07, 6.45) is -0.247. The summed E-state index contributed by atoms with van der Waals surface area (Å²) >= 11 is 0. The highest BCUT2D eigenvalue weighted by atomic mass is 16.3. The zero-order valence-electron chi connectivity index (χ0n) is 17.3. The first-order chi connectivity index (χ1) is 14.9. The lowest BCUT2D eigenvalue weighted by atomic mass is 9.58. The van der Waals surface area contributed by atoms with E-state index in [1.807, 2.05) is 36.4 Å². The van der Waals surface area contributed by atoms with Gasteiger partial charge in [0.05, 0.1) is 17.4 Å². The fraction of sp³-hybridized carbons (Fsp3) is 0.222. The van der Waals surface area contributed by atoms with Crippen LogP contribution in [0.1, 0.15) is 45.5 Å².